The highest BCUT2D eigenvalue weighted by Gasteiger charge is 2.36. The van der Waals surface area contributed by atoms with E-state index in [4.69, 9.17) is 4.74 Å². The van der Waals surface area contributed by atoms with Gasteiger partial charge in [0, 0.05) is 37.6 Å². The zero-order valence-corrected chi connectivity index (χ0v) is 12.3. The maximum absolute atomic E-state index is 14.1. The predicted octanol–water partition coefficient (Wildman–Crippen LogP) is 2.81. The molecule has 2 aromatic heterocycles. The van der Waals surface area contributed by atoms with Gasteiger partial charge in [0.25, 0.3) is 0 Å². The molecule has 0 spiro atoms. The molecule has 0 aromatic carbocycles. The molecule has 5 nitrogen and oxygen atoms in total. The lowest BCUT2D eigenvalue weighted by atomic mass is 9.92. The summed E-state index contributed by atoms with van der Waals surface area (Å²) in [6, 6.07) is 1.74. The molecule has 1 aliphatic heterocycles. The van der Waals surface area contributed by atoms with Crippen molar-refractivity contribution in [3.63, 3.8) is 0 Å². The quantitative estimate of drug-likeness (QED) is 0.811. The van der Waals surface area contributed by atoms with Crippen LogP contribution in [0.5, 0.6) is 0 Å². The molecule has 0 saturated carbocycles. The number of rotatable bonds is 1. The standard InChI is InChI=1S/C15H18FN3O2/c1-15(2,3)21-14(20)19-7-10(8-19)11-6-13-17-4-5-18(13)9-12(11)16/h4-6,9-10H,7-8H2,1-3H3. The van der Waals surface area contributed by atoms with Crippen molar-refractivity contribution in [2.45, 2.75) is 32.3 Å². The van der Waals surface area contributed by atoms with Gasteiger partial charge in [0.15, 0.2) is 0 Å². The highest BCUT2D eigenvalue weighted by atomic mass is 19.1. The lowest BCUT2D eigenvalue weighted by Crippen LogP contribution is -2.50. The second-order valence-electron chi connectivity index (χ2n) is 6.35. The number of ether oxygens (including phenoxy) is 1. The van der Waals surface area contributed by atoms with Crippen LogP contribution >= 0.6 is 0 Å². The number of carbonyl (C=O) groups excluding carboxylic acids is 1. The number of pyridine rings is 1. The highest BCUT2D eigenvalue weighted by Crippen LogP contribution is 2.30. The number of carbonyl (C=O) groups is 1. The molecule has 0 bridgehead atoms. The summed E-state index contributed by atoms with van der Waals surface area (Å²) in [5.74, 6) is -0.270. The number of fused-ring (bicyclic) bond motifs is 1. The van der Waals surface area contributed by atoms with Crippen LogP contribution in [0.3, 0.4) is 0 Å². The van der Waals surface area contributed by atoms with Gasteiger partial charge in [0.2, 0.25) is 0 Å². The summed E-state index contributed by atoms with van der Waals surface area (Å²) in [6.07, 6.45) is 4.41. The highest BCUT2D eigenvalue weighted by molar-refractivity contribution is 5.69. The Bertz CT molecular complexity index is 684. The van der Waals surface area contributed by atoms with Crippen LogP contribution in [0.15, 0.2) is 24.7 Å². The van der Waals surface area contributed by atoms with Gasteiger partial charge in [-0.15, -0.1) is 0 Å². The Morgan fingerprint density at radius 2 is 2.14 bits per heavy atom. The van der Waals surface area contributed by atoms with Crippen LogP contribution in [0.25, 0.3) is 5.65 Å². The van der Waals surface area contributed by atoms with E-state index in [0.29, 0.717) is 24.3 Å². The van der Waals surface area contributed by atoms with Gasteiger partial charge >= 0.3 is 6.09 Å². The van der Waals surface area contributed by atoms with E-state index in [0.717, 1.165) is 0 Å². The van der Waals surface area contributed by atoms with Gasteiger partial charge in [-0.1, -0.05) is 0 Å². The van der Waals surface area contributed by atoms with Gasteiger partial charge in [-0.3, -0.25) is 0 Å². The second-order valence-corrected chi connectivity index (χ2v) is 6.35. The Balaban J connectivity index is 1.70. The molecule has 1 aliphatic rings. The molecule has 1 saturated heterocycles. The normalized spacial score (nSPS) is 16.1. The van der Waals surface area contributed by atoms with Crippen LogP contribution in [0.4, 0.5) is 9.18 Å². The van der Waals surface area contributed by atoms with Gasteiger partial charge in [-0.25, -0.2) is 14.2 Å². The monoisotopic (exact) mass is 291 g/mol. The smallest absolute Gasteiger partial charge is 0.410 e. The molecule has 0 N–H and O–H groups in total. The summed E-state index contributed by atoms with van der Waals surface area (Å²) < 4.78 is 21.0. The van der Waals surface area contributed by atoms with E-state index in [2.05, 4.69) is 4.98 Å². The number of aromatic nitrogens is 2. The summed E-state index contributed by atoms with van der Waals surface area (Å²) in [7, 11) is 0. The fourth-order valence-corrected chi connectivity index (χ4v) is 2.41. The third-order valence-electron chi connectivity index (χ3n) is 3.48. The molecule has 0 unspecified atom stereocenters. The molecule has 0 aliphatic carbocycles. The lowest BCUT2D eigenvalue weighted by molar-refractivity contribution is 0.00790. The molecule has 0 radical (unpaired) electrons. The minimum absolute atomic E-state index is 0.000724. The molecular weight excluding hydrogens is 273 g/mol. The average Bonchev–Trinajstić information content (AvgIpc) is 2.71. The fourth-order valence-electron chi connectivity index (χ4n) is 2.41. The summed E-state index contributed by atoms with van der Waals surface area (Å²) in [5.41, 5.74) is 0.804. The number of halogens is 1. The number of likely N-dealkylation sites (tertiary alicyclic amines) is 1. The van der Waals surface area contributed by atoms with E-state index in [1.165, 1.54) is 6.20 Å². The summed E-state index contributed by atoms with van der Waals surface area (Å²) in [4.78, 5) is 17.6. The molecule has 3 rings (SSSR count). The van der Waals surface area contributed by atoms with Crippen molar-refractivity contribution < 1.29 is 13.9 Å². The number of hydrogen-bond acceptors (Lipinski definition) is 3. The van der Waals surface area contributed by atoms with E-state index < -0.39 is 5.60 Å². The predicted molar refractivity (Wildman–Crippen MR) is 75.7 cm³/mol. The lowest BCUT2D eigenvalue weighted by Gasteiger charge is -2.40. The Hall–Kier alpha value is -2.11. The third-order valence-corrected chi connectivity index (χ3v) is 3.48. The minimum Gasteiger partial charge on any atom is -0.444 e. The van der Waals surface area contributed by atoms with E-state index in [-0.39, 0.29) is 17.8 Å². The molecule has 1 fully saturated rings. The van der Waals surface area contributed by atoms with Crippen LogP contribution in [0.1, 0.15) is 32.3 Å². The molecule has 6 heteroatoms. The maximum atomic E-state index is 14.1. The Kier molecular flexibility index (Phi) is 3.11. The Labute approximate surface area is 122 Å². The Morgan fingerprint density at radius 1 is 1.43 bits per heavy atom. The van der Waals surface area contributed by atoms with Gasteiger partial charge in [-0.2, -0.15) is 0 Å². The largest absolute Gasteiger partial charge is 0.444 e. The number of amides is 1. The molecule has 1 amide bonds. The molecule has 21 heavy (non-hydrogen) atoms. The summed E-state index contributed by atoms with van der Waals surface area (Å²) in [5, 5.41) is 0. The summed E-state index contributed by atoms with van der Waals surface area (Å²) >= 11 is 0. The van der Waals surface area contributed by atoms with Gasteiger partial charge in [0.1, 0.15) is 17.1 Å². The van der Waals surface area contributed by atoms with E-state index in [9.17, 15) is 9.18 Å². The van der Waals surface area contributed by atoms with Gasteiger partial charge in [0.05, 0.1) is 0 Å². The van der Waals surface area contributed by atoms with Crippen LogP contribution in [0.2, 0.25) is 0 Å². The fraction of sp³-hybridized carbons (Fsp3) is 0.467. The van der Waals surface area contributed by atoms with Crippen LogP contribution < -0.4 is 0 Å². The zero-order chi connectivity index (χ0) is 15.2. The molecule has 112 valence electrons. The van der Waals surface area contributed by atoms with E-state index in [1.54, 1.807) is 27.8 Å². The number of nitrogens with zero attached hydrogens (tertiary/aromatic N) is 3. The first-order valence-corrected chi connectivity index (χ1v) is 6.93. The SMILES string of the molecule is CC(C)(C)OC(=O)N1CC(c2cc3nccn3cc2F)C1. The first-order valence-electron chi connectivity index (χ1n) is 6.93. The molecular formula is C15H18FN3O2. The maximum Gasteiger partial charge on any atom is 0.410 e. The van der Waals surface area contributed by atoms with E-state index in [1.807, 2.05) is 20.8 Å². The topological polar surface area (TPSA) is 46.8 Å². The van der Waals surface area contributed by atoms with Crippen molar-refractivity contribution in [1.82, 2.24) is 14.3 Å². The van der Waals surface area contributed by atoms with Crippen molar-refractivity contribution >= 4 is 11.7 Å². The van der Waals surface area contributed by atoms with Crippen LogP contribution in [-0.2, 0) is 4.74 Å². The van der Waals surface area contributed by atoms with Crippen molar-refractivity contribution in [2.24, 2.45) is 0 Å². The first kappa shape index (κ1) is 13.9. The van der Waals surface area contributed by atoms with Crippen LogP contribution in [0, 0.1) is 5.82 Å². The van der Waals surface area contributed by atoms with Crippen molar-refractivity contribution in [3.05, 3.63) is 36.0 Å². The van der Waals surface area contributed by atoms with E-state index >= 15 is 0 Å². The van der Waals surface area contributed by atoms with Gasteiger partial charge in [-0.05, 0) is 32.4 Å². The van der Waals surface area contributed by atoms with Crippen molar-refractivity contribution in [1.29, 1.82) is 0 Å². The number of imidazole rings is 1. The second kappa shape index (κ2) is 4.72. The molecule has 2 aromatic rings. The first-order chi connectivity index (χ1) is 9.83. The Morgan fingerprint density at radius 3 is 2.81 bits per heavy atom. The zero-order valence-electron chi connectivity index (χ0n) is 12.3. The number of hydrogen-bond donors (Lipinski definition) is 0. The third kappa shape index (κ3) is 2.70. The average molecular weight is 291 g/mol. The van der Waals surface area contributed by atoms with Crippen LogP contribution in [-0.4, -0.2) is 39.1 Å². The molecule has 0 atom stereocenters. The van der Waals surface area contributed by atoms with Crippen molar-refractivity contribution in [2.75, 3.05) is 13.1 Å². The molecule has 3 heterocycles. The van der Waals surface area contributed by atoms with Crippen molar-refractivity contribution in [3.8, 4) is 0 Å². The van der Waals surface area contributed by atoms with Gasteiger partial charge < -0.3 is 14.0 Å². The minimum atomic E-state index is -0.512. The summed E-state index contributed by atoms with van der Waals surface area (Å²) in [6.45, 7) is 6.43.